The second kappa shape index (κ2) is 7.82. The van der Waals surface area contributed by atoms with Crippen molar-refractivity contribution >= 4 is 17.6 Å². The lowest BCUT2D eigenvalue weighted by Crippen LogP contribution is -1.99. The molecule has 126 valence electrons. The number of rotatable bonds is 7. The number of methoxy groups -OCH3 is 3. The van der Waals surface area contributed by atoms with Gasteiger partial charge in [0.05, 0.1) is 43.7 Å². The van der Waals surface area contributed by atoms with Crippen LogP contribution >= 0.6 is 0 Å². The van der Waals surface area contributed by atoms with Gasteiger partial charge in [0.1, 0.15) is 17.2 Å². The molecule has 0 aromatic heterocycles. The van der Waals surface area contributed by atoms with E-state index in [9.17, 15) is 10.1 Å². The Morgan fingerprint density at radius 1 is 1.08 bits per heavy atom. The van der Waals surface area contributed by atoms with Gasteiger partial charge in [-0.25, -0.2) is 0 Å². The summed E-state index contributed by atoms with van der Waals surface area (Å²) in [5, 5.41) is 14.9. The molecule has 0 unspecified atom stereocenters. The molecule has 2 aromatic rings. The summed E-state index contributed by atoms with van der Waals surface area (Å²) in [4.78, 5) is 10.3. The molecule has 0 amide bonds. The van der Waals surface area contributed by atoms with Gasteiger partial charge in [0.2, 0.25) is 0 Å². The summed E-state index contributed by atoms with van der Waals surface area (Å²) in [5.41, 5.74) is 3.83. The average Bonchev–Trinajstić information content (AvgIpc) is 2.61. The van der Waals surface area contributed by atoms with Gasteiger partial charge in [-0.3, -0.25) is 15.5 Å². The van der Waals surface area contributed by atoms with E-state index in [1.807, 2.05) is 0 Å². The van der Waals surface area contributed by atoms with Crippen molar-refractivity contribution in [3.8, 4) is 17.2 Å². The zero-order valence-electron chi connectivity index (χ0n) is 13.5. The van der Waals surface area contributed by atoms with E-state index in [1.54, 1.807) is 31.4 Å². The first-order valence-corrected chi connectivity index (χ1v) is 6.92. The predicted molar refractivity (Wildman–Crippen MR) is 90.4 cm³/mol. The molecule has 2 aromatic carbocycles. The van der Waals surface area contributed by atoms with Gasteiger partial charge < -0.3 is 14.2 Å². The van der Waals surface area contributed by atoms with E-state index in [1.165, 1.54) is 32.6 Å². The number of nitro benzene ring substituents is 1. The number of hydrogen-bond donors (Lipinski definition) is 1. The summed E-state index contributed by atoms with van der Waals surface area (Å²) in [6.45, 7) is 0. The highest BCUT2D eigenvalue weighted by Gasteiger charge is 2.11. The molecule has 0 heterocycles. The third kappa shape index (κ3) is 3.92. The number of nitrogens with zero attached hydrogens (tertiary/aromatic N) is 2. The Morgan fingerprint density at radius 3 is 2.29 bits per heavy atom. The summed E-state index contributed by atoms with van der Waals surface area (Å²) in [6.07, 6.45) is 1.51. The van der Waals surface area contributed by atoms with E-state index in [-0.39, 0.29) is 5.69 Å². The number of nitro groups is 1. The molecular formula is C16H17N3O5. The molecule has 0 aliphatic carbocycles. The van der Waals surface area contributed by atoms with Crippen molar-refractivity contribution < 1.29 is 19.1 Å². The molecule has 0 radical (unpaired) electrons. The van der Waals surface area contributed by atoms with E-state index in [2.05, 4.69) is 10.5 Å². The van der Waals surface area contributed by atoms with E-state index in [0.717, 1.165) is 0 Å². The number of hydrogen-bond acceptors (Lipinski definition) is 7. The molecule has 2 rings (SSSR count). The van der Waals surface area contributed by atoms with E-state index < -0.39 is 4.92 Å². The first-order valence-electron chi connectivity index (χ1n) is 6.92. The van der Waals surface area contributed by atoms with Gasteiger partial charge in [-0.05, 0) is 6.07 Å². The van der Waals surface area contributed by atoms with Gasteiger partial charge in [-0.2, -0.15) is 5.10 Å². The highest BCUT2D eigenvalue weighted by Crippen LogP contribution is 2.32. The third-order valence-electron chi connectivity index (χ3n) is 3.20. The Hall–Kier alpha value is -3.29. The fourth-order valence-electron chi connectivity index (χ4n) is 2.02. The summed E-state index contributed by atoms with van der Waals surface area (Å²) in [6, 6.07) is 9.45. The number of non-ortho nitro benzene ring substituents is 1. The minimum absolute atomic E-state index is 0.0187. The standard InChI is InChI=1S/C16H17N3O5/c1-22-13-8-15(23-2)14(16(9-13)24-3)10-17-18-11-5-4-6-12(7-11)19(20)21/h4-10,18H,1-3H3/b17-10-. The number of hydrazone groups is 1. The van der Waals surface area contributed by atoms with Crippen molar-refractivity contribution in [2.75, 3.05) is 26.8 Å². The maximum atomic E-state index is 10.8. The van der Waals surface area contributed by atoms with Crippen LogP contribution in [0.25, 0.3) is 0 Å². The number of ether oxygens (including phenoxy) is 3. The quantitative estimate of drug-likeness (QED) is 0.476. The van der Waals surface area contributed by atoms with Crippen LogP contribution in [0.4, 0.5) is 11.4 Å². The van der Waals surface area contributed by atoms with Crippen molar-refractivity contribution in [2.45, 2.75) is 0 Å². The summed E-state index contributed by atoms with van der Waals surface area (Å²) >= 11 is 0. The molecule has 8 heteroatoms. The van der Waals surface area contributed by atoms with Crippen LogP contribution in [0.2, 0.25) is 0 Å². The molecule has 0 saturated heterocycles. The van der Waals surface area contributed by atoms with E-state index in [4.69, 9.17) is 14.2 Å². The zero-order chi connectivity index (χ0) is 17.5. The van der Waals surface area contributed by atoms with E-state index in [0.29, 0.717) is 28.5 Å². The first-order chi connectivity index (χ1) is 11.6. The molecule has 1 N–H and O–H groups in total. The Morgan fingerprint density at radius 2 is 1.75 bits per heavy atom. The number of anilines is 1. The van der Waals surface area contributed by atoms with Crippen LogP contribution in [0.15, 0.2) is 41.5 Å². The SMILES string of the molecule is COc1cc(OC)c(/C=N\Nc2cccc([N+](=O)[O-])c2)c(OC)c1. The molecule has 0 fully saturated rings. The third-order valence-corrected chi connectivity index (χ3v) is 3.20. The van der Waals surface area contributed by atoms with Crippen LogP contribution < -0.4 is 19.6 Å². The summed E-state index contributed by atoms with van der Waals surface area (Å²) in [5.74, 6) is 1.64. The lowest BCUT2D eigenvalue weighted by molar-refractivity contribution is -0.384. The second-order valence-corrected chi connectivity index (χ2v) is 4.62. The van der Waals surface area contributed by atoms with Gasteiger partial charge in [-0.1, -0.05) is 6.07 Å². The van der Waals surface area contributed by atoms with Crippen LogP contribution in [-0.2, 0) is 0 Å². The molecular weight excluding hydrogens is 314 g/mol. The highest BCUT2D eigenvalue weighted by molar-refractivity contribution is 5.88. The monoisotopic (exact) mass is 331 g/mol. The van der Waals surface area contributed by atoms with Gasteiger partial charge in [0.25, 0.3) is 5.69 Å². The Bertz CT molecular complexity index is 736. The van der Waals surface area contributed by atoms with Gasteiger partial charge >= 0.3 is 0 Å². The van der Waals surface area contributed by atoms with Gasteiger partial charge in [-0.15, -0.1) is 0 Å². The van der Waals surface area contributed by atoms with Crippen molar-refractivity contribution in [3.05, 3.63) is 52.1 Å². The minimum Gasteiger partial charge on any atom is -0.496 e. The smallest absolute Gasteiger partial charge is 0.271 e. The molecule has 0 spiro atoms. The molecule has 0 saturated carbocycles. The summed E-state index contributed by atoms with van der Waals surface area (Å²) in [7, 11) is 4.60. The van der Waals surface area contributed by atoms with Crippen LogP contribution in [0.5, 0.6) is 17.2 Å². The topological polar surface area (TPSA) is 95.2 Å². The van der Waals surface area contributed by atoms with Crippen molar-refractivity contribution in [1.82, 2.24) is 0 Å². The lowest BCUT2D eigenvalue weighted by Gasteiger charge is -2.12. The fraction of sp³-hybridized carbons (Fsp3) is 0.188. The maximum absolute atomic E-state index is 10.8. The maximum Gasteiger partial charge on any atom is 0.271 e. The Labute approximate surface area is 138 Å². The Balaban J connectivity index is 2.25. The Kier molecular flexibility index (Phi) is 5.56. The average molecular weight is 331 g/mol. The highest BCUT2D eigenvalue weighted by atomic mass is 16.6. The predicted octanol–water partition coefficient (Wildman–Crippen LogP) is 3.07. The normalized spacial score (nSPS) is 10.5. The van der Waals surface area contributed by atoms with Crippen LogP contribution in [-0.4, -0.2) is 32.5 Å². The van der Waals surface area contributed by atoms with Gasteiger partial charge in [0.15, 0.2) is 0 Å². The summed E-state index contributed by atoms with van der Waals surface area (Å²) < 4.78 is 15.8. The largest absolute Gasteiger partial charge is 0.496 e. The molecule has 8 nitrogen and oxygen atoms in total. The molecule has 0 aliphatic rings. The molecule has 0 atom stereocenters. The minimum atomic E-state index is -0.468. The zero-order valence-corrected chi connectivity index (χ0v) is 13.5. The fourth-order valence-corrected chi connectivity index (χ4v) is 2.02. The molecule has 24 heavy (non-hydrogen) atoms. The van der Waals surface area contributed by atoms with Gasteiger partial charge in [0, 0.05) is 24.3 Å². The lowest BCUT2D eigenvalue weighted by atomic mass is 10.2. The van der Waals surface area contributed by atoms with E-state index >= 15 is 0 Å². The van der Waals surface area contributed by atoms with Crippen molar-refractivity contribution in [3.63, 3.8) is 0 Å². The van der Waals surface area contributed by atoms with Crippen LogP contribution in [0, 0.1) is 10.1 Å². The number of nitrogens with one attached hydrogen (secondary N) is 1. The van der Waals surface area contributed by atoms with Crippen molar-refractivity contribution in [2.24, 2.45) is 5.10 Å². The molecule has 0 aliphatic heterocycles. The first kappa shape index (κ1) is 17.1. The van der Waals surface area contributed by atoms with Crippen LogP contribution in [0.3, 0.4) is 0 Å². The number of benzene rings is 2. The van der Waals surface area contributed by atoms with Crippen LogP contribution in [0.1, 0.15) is 5.56 Å². The second-order valence-electron chi connectivity index (χ2n) is 4.62. The molecule has 0 bridgehead atoms. The van der Waals surface area contributed by atoms with Crippen molar-refractivity contribution in [1.29, 1.82) is 0 Å².